The number of aromatic nitrogens is 2. The molecule has 2 aromatic heterocycles. The van der Waals surface area contributed by atoms with Gasteiger partial charge in [0.1, 0.15) is 16.4 Å². The van der Waals surface area contributed by atoms with Gasteiger partial charge in [0.25, 0.3) is 0 Å². The van der Waals surface area contributed by atoms with Crippen molar-refractivity contribution in [2.75, 3.05) is 18.0 Å². The van der Waals surface area contributed by atoms with Crippen LogP contribution in [-0.2, 0) is 10.0 Å². The molecule has 0 saturated carbocycles. The second-order valence-corrected chi connectivity index (χ2v) is 9.50. The lowest BCUT2D eigenvalue weighted by molar-refractivity contribution is 0.459. The summed E-state index contributed by atoms with van der Waals surface area (Å²) in [7, 11) is -3.43. The van der Waals surface area contributed by atoms with Gasteiger partial charge in [-0.3, -0.25) is 0 Å². The van der Waals surface area contributed by atoms with Crippen LogP contribution in [0.1, 0.15) is 12.8 Å². The van der Waals surface area contributed by atoms with E-state index in [1.165, 1.54) is 11.3 Å². The maximum absolute atomic E-state index is 12.4. The minimum absolute atomic E-state index is 0.0686. The molecule has 1 saturated heterocycles. The van der Waals surface area contributed by atoms with Crippen LogP contribution in [0.5, 0.6) is 0 Å². The van der Waals surface area contributed by atoms with Gasteiger partial charge in [-0.05, 0) is 42.5 Å². The number of fused-ring (bicyclic) bond motifs is 1. The summed E-state index contributed by atoms with van der Waals surface area (Å²) >= 11 is 7.27. The normalized spacial score (nSPS) is 16.3. The molecule has 0 bridgehead atoms. The van der Waals surface area contributed by atoms with Gasteiger partial charge < -0.3 is 4.90 Å². The maximum atomic E-state index is 12.4. The Morgan fingerprint density at radius 3 is 2.73 bits per heavy atom. The van der Waals surface area contributed by atoms with Gasteiger partial charge in [0.15, 0.2) is 0 Å². The lowest BCUT2D eigenvalue weighted by atomic mass is 10.1. The van der Waals surface area contributed by atoms with E-state index in [-0.39, 0.29) is 6.04 Å². The number of hydrogen-bond acceptors (Lipinski definition) is 6. The number of nitrogens with one attached hydrogen (secondary N) is 1. The molecule has 0 radical (unpaired) electrons. The number of sulfonamides is 1. The summed E-state index contributed by atoms with van der Waals surface area (Å²) in [5.74, 6) is 0.867. The lowest BCUT2D eigenvalue weighted by Gasteiger charge is -2.33. The second-order valence-electron chi connectivity index (χ2n) is 6.17. The number of rotatable bonds is 4. The number of halogens is 1. The SMILES string of the molecule is O=S(=O)(NC1CCN(c2ncnc3cc(Cl)ccc23)CC1)c1cccs1. The van der Waals surface area contributed by atoms with Crippen LogP contribution in [0.4, 0.5) is 5.82 Å². The first-order valence-electron chi connectivity index (χ1n) is 8.24. The van der Waals surface area contributed by atoms with Crippen LogP contribution in [0, 0.1) is 0 Å². The van der Waals surface area contributed by atoms with Crippen molar-refractivity contribution in [2.24, 2.45) is 0 Å². The molecule has 1 aliphatic rings. The van der Waals surface area contributed by atoms with Crippen molar-refractivity contribution >= 4 is 49.7 Å². The topological polar surface area (TPSA) is 75.2 Å². The molecule has 0 spiro atoms. The van der Waals surface area contributed by atoms with E-state index in [1.807, 2.05) is 18.2 Å². The summed E-state index contributed by atoms with van der Waals surface area (Å²) in [6, 6.07) is 8.89. The monoisotopic (exact) mass is 408 g/mol. The summed E-state index contributed by atoms with van der Waals surface area (Å²) < 4.78 is 27.9. The molecule has 0 atom stereocenters. The number of nitrogens with zero attached hydrogens (tertiary/aromatic N) is 3. The molecule has 9 heteroatoms. The van der Waals surface area contributed by atoms with Gasteiger partial charge in [0.05, 0.1) is 5.52 Å². The maximum Gasteiger partial charge on any atom is 0.250 e. The molecule has 0 unspecified atom stereocenters. The second kappa shape index (κ2) is 7.11. The first-order valence-corrected chi connectivity index (χ1v) is 11.0. The third-order valence-electron chi connectivity index (χ3n) is 4.45. The minimum Gasteiger partial charge on any atom is -0.356 e. The molecule has 4 rings (SSSR count). The summed E-state index contributed by atoms with van der Waals surface area (Å²) in [5, 5.41) is 3.36. The van der Waals surface area contributed by atoms with Gasteiger partial charge in [-0.25, -0.2) is 23.1 Å². The van der Waals surface area contributed by atoms with E-state index in [9.17, 15) is 8.42 Å². The molecular formula is C17H17ClN4O2S2. The molecule has 3 aromatic rings. The van der Waals surface area contributed by atoms with E-state index in [0.29, 0.717) is 9.23 Å². The largest absolute Gasteiger partial charge is 0.356 e. The minimum atomic E-state index is -3.43. The van der Waals surface area contributed by atoms with Crippen molar-refractivity contribution in [3.63, 3.8) is 0 Å². The van der Waals surface area contributed by atoms with Crippen molar-refractivity contribution in [1.29, 1.82) is 0 Å². The molecule has 6 nitrogen and oxygen atoms in total. The molecule has 0 amide bonds. The van der Waals surface area contributed by atoms with Crippen LogP contribution in [0.3, 0.4) is 0 Å². The first kappa shape index (κ1) is 17.7. The van der Waals surface area contributed by atoms with E-state index in [2.05, 4.69) is 19.6 Å². The molecule has 1 fully saturated rings. The fraction of sp³-hybridized carbons (Fsp3) is 0.294. The summed E-state index contributed by atoms with van der Waals surface area (Å²) in [6.07, 6.45) is 2.99. The van der Waals surface area contributed by atoms with Gasteiger partial charge in [0.2, 0.25) is 10.0 Å². The quantitative estimate of drug-likeness (QED) is 0.716. The number of piperidine rings is 1. The molecule has 1 aliphatic heterocycles. The van der Waals surface area contributed by atoms with E-state index in [0.717, 1.165) is 42.7 Å². The molecule has 3 heterocycles. The highest BCUT2D eigenvalue weighted by molar-refractivity contribution is 7.91. The van der Waals surface area contributed by atoms with Crippen molar-refractivity contribution in [3.8, 4) is 0 Å². The Hall–Kier alpha value is -1.74. The van der Waals surface area contributed by atoms with Gasteiger partial charge in [-0.1, -0.05) is 17.7 Å². The van der Waals surface area contributed by atoms with E-state index < -0.39 is 10.0 Å². The van der Waals surface area contributed by atoms with Gasteiger partial charge in [-0.2, -0.15) is 0 Å². The van der Waals surface area contributed by atoms with Crippen LogP contribution < -0.4 is 9.62 Å². The van der Waals surface area contributed by atoms with Crippen LogP contribution in [0.25, 0.3) is 10.9 Å². The number of benzene rings is 1. The zero-order chi connectivity index (χ0) is 18.1. The standard InChI is InChI=1S/C17H17ClN4O2S2/c18-12-3-4-14-15(10-12)19-11-20-17(14)22-7-5-13(6-8-22)21-26(23,24)16-2-1-9-25-16/h1-4,9-11,13,21H,5-8H2. The van der Waals surface area contributed by atoms with Crippen molar-refractivity contribution < 1.29 is 8.42 Å². The van der Waals surface area contributed by atoms with Crippen LogP contribution >= 0.6 is 22.9 Å². The van der Waals surface area contributed by atoms with Gasteiger partial charge >= 0.3 is 0 Å². The average molecular weight is 409 g/mol. The summed E-state index contributed by atoms with van der Waals surface area (Å²) in [5.41, 5.74) is 0.808. The number of anilines is 1. The fourth-order valence-electron chi connectivity index (χ4n) is 3.17. The van der Waals surface area contributed by atoms with Crippen molar-refractivity contribution in [1.82, 2.24) is 14.7 Å². The third-order valence-corrected chi connectivity index (χ3v) is 7.61. The molecular weight excluding hydrogens is 392 g/mol. The zero-order valence-corrected chi connectivity index (χ0v) is 16.2. The highest BCUT2D eigenvalue weighted by Crippen LogP contribution is 2.28. The Labute approximate surface area is 160 Å². The molecule has 136 valence electrons. The van der Waals surface area contributed by atoms with E-state index >= 15 is 0 Å². The smallest absolute Gasteiger partial charge is 0.250 e. The van der Waals surface area contributed by atoms with Crippen molar-refractivity contribution in [3.05, 3.63) is 47.1 Å². The Balaban J connectivity index is 1.48. The number of hydrogen-bond donors (Lipinski definition) is 1. The van der Waals surface area contributed by atoms with Gasteiger partial charge in [-0.15, -0.1) is 11.3 Å². The molecule has 1 N–H and O–H groups in total. The average Bonchev–Trinajstić information content (AvgIpc) is 3.17. The first-order chi connectivity index (χ1) is 12.5. The van der Waals surface area contributed by atoms with Crippen LogP contribution in [0.2, 0.25) is 5.02 Å². The number of thiophene rings is 1. The van der Waals surface area contributed by atoms with E-state index in [4.69, 9.17) is 11.6 Å². The summed E-state index contributed by atoms with van der Waals surface area (Å²) in [6.45, 7) is 1.46. The highest BCUT2D eigenvalue weighted by Gasteiger charge is 2.26. The lowest BCUT2D eigenvalue weighted by Crippen LogP contribution is -2.44. The predicted molar refractivity (Wildman–Crippen MR) is 104 cm³/mol. The third kappa shape index (κ3) is 3.55. The van der Waals surface area contributed by atoms with Crippen molar-refractivity contribution in [2.45, 2.75) is 23.1 Å². The molecule has 0 aliphatic carbocycles. The van der Waals surface area contributed by atoms with Gasteiger partial charge in [0, 0.05) is 29.5 Å². The fourth-order valence-corrected chi connectivity index (χ4v) is 5.65. The zero-order valence-electron chi connectivity index (χ0n) is 13.8. The Bertz CT molecular complexity index is 1020. The predicted octanol–water partition coefficient (Wildman–Crippen LogP) is 3.29. The Morgan fingerprint density at radius 2 is 2.00 bits per heavy atom. The van der Waals surface area contributed by atoms with E-state index in [1.54, 1.807) is 23.8 Å². The molecule has 1 aromatic carbocycles. The Kier molecular flexibility index (Phi) is 4.83. The Morgan fingerprint density at radius 1 is 1.19 bits per heavy atom. The molecule has 26 heavy (non-hydrogen) atoms. The van der Waals surface area contributed by atoms with Crippen LogP contribution in [0.15, 0.2) is 46.2 Å². The summed E-state index contributed by atoms with van der Waals surface area (Å²) in [4.78, 5) is 10.9. The highest BCUT2D eigenvalue weighted by atomic mass is 35.5. The van der Waals surface area contributed by atoms with Crippen LogP contribution in [-0.4, -0.2) is 37.5 Å².